The summed E-state index contributed by atoms with van der Waals surface area (Å²) >= 11 is 0. The van der Waals surface area contributed by atoms with Gasteiger partial charge in [-0.3, -0.25) is 14.5 Å². The summed E-state index contributed by atoms with van der Waals surface area (Å²) in [6.07, 6.45) is 1.79. The topological polar surface area (TPSA) is 87.7 Å². The minimum Gasteiger partial charge on any atom is -0.496 e. The summed E-state index contributed by atoms with van der Waals surface area (Å²) in [6.45, 7) is 0.139. The molecule has 7 heteroatoms. The third-order valence-electron chi connectivity index (χ3n) is 5.23. The Bertz CT molecular complexity index is 1200. The van der Waals surface area contributed by atoms with Gasteiger partial charge >= 0.3 is 6.03 Å². The molecule has 1 saturated heterocycles. The molecule has 0 aliphatic carbocycles. The van der Waals surface area contributed by atoms with Crippen molar-refractivity contribution in [2.24, 2.45) is 0 Å². The number of rotatable bonds is 7. The number of ether oxygens (including phenoxy) is 1. The predicted molar refractivity (Wildman–Crippen MR) is 126 cm³/mol. The van der Waals surface area contributed by atoms with Gasteiger partial charge in [0.25, 0.3) is 5.91 Å². The summed E-state index contributed by atoms with van der Waals surface area (Å²) in [6, 6.07) is 23.5. The number of para-hydroxylation sites is 1. The molecule has 4 rings (SSSR count). The maximum absolute atomic E-state index is 13.3. The lowest BCUT2D eigenvalue weighted by Gasteiger charge is -2.14. The van der Waals surface area contributed by atoms with E-state index in [1.165, 1.54) is 0 Å². The third kappa shape index (κ3) is 5.10. The molecule has 4 amide bonds. The Morgan fingerprint density at radius 1 is 1.03 bits per heavy atom. The first-order valence-corrected chi connectivity index (χ1v) is 10.4. The van der Waals surface area contributed by atoms with Gasteiger partial charge in [-0.15, -0.1) is 0 Å². The molecule has 166 valence electrons. The highest BCUT2D eigenvalue weighted by molar-refractivity contribution is 6.29. The Kier molecular flexibility index (Phi) is 6.50. The fourth-order valence-corrected chi connectivity index (χ4v) is 3.58. The van der Waals surface area contributed by atoms with Gasteiger partial charge in [-0.1, -0.05) is 60.7 Å². The highest BCUT2D eigenvalue weighted by Gasteiger charge is 2.28. The van der Waals surface area contributed by atoms with Crippen molar-refractivity contribution in [2.45, 2.75) is 6.54 Å². The molecule has 0 saturated carbocycles. The molecular weight excluding hydrogens is 418 g/mol. The summed E-state index contributed by atoms with van der Waals surface area (Å²) in [5.74, 6) is 0.0917. The highest BCUT2D eigenvalue weighted by atomic mass is 16.5. The van der Waals surface area contributed by atoms with Crippen LogP contribution in [0.5, 0.6) is 5.75 Å². The van der Waals surface area contributed by atoms with Crippen LogP contribution in [0, 0.1) is 0 Å². The molecule has 7 nitrogen and oxygen atoms in total. The van der Waals surface area contributed by atoms with Crippen LogP contribution in [0.1, 0.15) is 16.7 Å². The highest BCUT2D eigenvalue weighted by Crippen LogP contribution is 2.26. The van der Waals surface area contributed by atoms with E-state index < -0.39 is 6.03 Å². The summed E-state index contributed by atoms with van der Waals surface area (Å²) in [4.78, 5) is 38.2. The lowest BCUT2D eigenvalue weighted by molar-refractivity contribution is -0.125. The molecule has 1 aliphatic rings. The lowest BCUT2D eigenvalue weighted by Crippen LogP contribution is -2.30. The average Bonchev–Trinajstić information content (AvgIpc) is 3.15. The number of nitrogens with one attached hydrogen (secondary N) is 2. The zero-order valence-corrected chi connectivity index (χ0v) is 18.1. The van der Waals surface area contributed by atoms with Crippen LogP contribution in [0.2, 0.25) is 0 Å². The Morgan fingerprint density at radius 2 is 1.79 bits per heavy atom. The molecule has 2 N–H and O–H groups in total. The fraction of sp³-hybridized carbons (Fsp3) is 0.115. The van der Waals surface area contributed by atoms with Crippen molar-refractivity contribution in [2.75, 3.05) is 19.0 Å². The molecule has 0 radical (unpaired) electrons. The number of hydrogen-bond acceptors (Lipinski definition) is 4. The Hall–Kier alpha value is -4.39. The van der Waals surface area contributed by atoms with Crippen molar-refractivity contribution < 1.29 is 19.1 Å². The first-order chi connectivity index (χ1) is 16.0. The molecule has 1 fully saturated rings. The van der Waals surface area contributed by atoms with Gasteiger partial charge in [-0.2, -0.15) is 0 Å². The molecule has 3 aromatic rings. The molecule has 0 spiro atoms. The molecule has 3 aromatic carbocycles. The van der Waals surface area contributed by atoms with Crippen LogP contribution < -0.4 is 15.4 Å². The maximum Gasteiger partial charge on any atom is 0.324 e. The number of nitrogens with zero attached hydrogens (tertiary/aromatic N) is 1. The van der Waals surface area contributed by atoms with Crippen molar-refractivity contribution in [3.05, 3.63) is 95.6 Å². The summed E-state index contributed by atoms with van der Waals surface area (Å²) in [5.41, 5.74) is 3.30. The van der Waals surface area contributed by atoms with Crippen molar-refractivity contribution in [3.8, 4) is 5.75 Å². The van der Waals surface area contributed by atoms with E-state index >= 15 is 0 Å². The minimum absolute atomic E-state index is 0.00341. The normalized spacial score (nSPS) is 13.6. The van der Waals surface area contributed by atoms with Crippen molar-refractivity contribution in [1.29, 1.82) is 0 Å². The summed E-state index contributed by atoms with van der Waals surface area (Å²) in [5, 5.41) is 5.44. The molecule has 0 bridgehead atoms. The van der Waals surface area contributed by atoms with E-state index in [0.29, 0.717) is 17.0 Å². The van der Waals surface area contributed by atoms with Crippen molar-refractivity contribution in [1.82, 2.24) is 10.2 Å². The standard InChI is InChI=1S/C26H23N3O4/c1-33-23-13-6-5-11-20(23)15-22(19-9-3-2-4-10-19)25(31)28-21-12-7-8-18(14-21)17-29-24(30)16-27-26(29)32/h2-15H,16-17H2,1H3,(H,27,32)(H,28,31)/b22-15+. The van der Waals surface area contributed by atoms with Crippen LogP contribution in [-0.4, -0.2) is 36.4 Å². The number of imide groups is 1. The largest absolute Gasteiger partial charge is 0.496 e. The van der Waals surface area contributed by atoms with Gasteiger partial charge in [0.2, 0.25) is 5.91 Å². The summed E-state index contributed by atoms with van der Waals surface area (Å²) < 4.78 is 5.44. The van der Waals surface area contributed by atoms with Gasteiger partial charge in [0.1, 0.15) is 5.75 Å². The van der Waals surface area contributed by atoms with Crippen LogP contribution in [0.4, 0.5) is 10.5 Å². The van der Waals surface area contributed by atoms with Crippen LogP contribution >= 0.6 is 0 Å². The van der Waals surface area contributed by atoms with Crippen LogP contribution in [0.3, 0.4) is 0 Å². The number of benzene rings is 3. The number of methoxy groups -OCH3 is 1. The first-order valence-electron chi connectivity index (χ1n) is 10.4. The number of amides is 4. The quantitative estimate of drug-likeness (QED) is 0.330. The number of carbonyl (C=O) groups is 3. The number of carbonyl (C=O) groups excluding carboxylic acids is 3. The van der Waals surface area contributed by atoms with E-state index in [0.717, 1.165) is 21.6 Å². The van der Waals surface area contributed by atoms with E-state index in [1.807, 2.05) is 54.6 Å². The van der Waals surface area contributed by atoms with Gasteiger partial charge in [0.15, 0.2) is 0 Å². The lowest BCUT2D eigenvalue weighted by atomic mass is 10.0. The van der Waals surface area contributed by atoms with Gasteiger partial charge in [-0.05, 0) is 35.4 Å². The van der Waals surface area contributed by atoms with Gasteiger partial charge in [-0.25, -0.2) is 4.79 Å². The molecule has 1 heterocycles. The first kappa shape index (κ1) is 21.8. The van der Waals surface area contributed by atoms with E-state index in [-0.39, 0.29) is 24.9 Å². The van der Waals surface area contributed by atoms with Crippen LogP contribution in [0.25, 0.3) is 11.6 Å². The van der Waals surface area contributed by atoms with Crippen molar-refractivity contribution in [3.63, 3.8) is 0 Å². The zero-order chi connectivity index (χ0) is 23.2. The number of anilines is 1. The monoisotopic (exact) mass is 441 g/mol. The molecule has 0 unspecified atom stereocenters. The fourth-order valence-electron chi connectivity index (χ4n) is 3.58. The molecular formula is C26H23N3O4. The van der Waals surface area contributed by atoms with Gasteiger partial charge < -0.3 is 15.4 Å². The second-order valence-corrected chi connectivity index (χ2v) is 7.46. The maximum atomic E-state index is 13.3. The Labute approximate surface area is 191 Å². The van der Waals surface area contributed by atoms with E-state index in [1.54, 1.807) is 37.5 Å². The van der Waals surface area contributed by atoms with Gasteiger partial charge in [0, 0.05) is 16.8 Å². The SMILES string of the molecule is COc1ccccc1/C=C(/C(=O)Nc1cccc(CN2C(=O)CNC2=O)c1)c1ccccc1. The molecule has 0 atom stereocenters. The molecule has 1 aliphatic heterocycles. The van der Waals surface area contributed by atoms with E-state index in [4.69, 9.17) is 4.74 Å². The Morgan fingerprint density at radius 3 is 2.52 bits per heavy atom. The average molecular weight is 441 g/mol. The van der Waals surface area contributed by atoms with E-state index in [2.05, 4.69) is 10.6 Å². The van der Waals surface area contributed by atoms with Crippen LogP contribution in [0.15, 0.2) is 78.9 Å². The Balaban J connectivity index is 1.61. The molecule has 0 aromatic heterocycles. The summed E-state index contributed by atoms with van der Waals surface area (Å²) in [7, 11) is 1.59. The minimum atomic E-state index is -0.416. The van der Waals surface area contributed by atoms with E-state index in [9.17, 15) is 14.4 Å². The smallest absolute Gasteiger partial charge is 0.324 e. The van der Waals surface area contributed by atoms with Crippen LogP contribution in [-0.2, 0) is 16.1 Å². The van der Waals surface area contributed by atoms with Gasteiger partial charge in [0.05, 0.1) is 20.2 Å². The third-order valence-corrected chi connectivity index (χ3v) is 5.23. The van der Waals surface area contributed by atoms with Crippen molar-refractivity contribution >= 4 is 35.2 Å². The number of hydrogen-bond donors (Lipinski definition) is 2. The molecule has 33 heavy (non-hydrogen) atoms. The predicted octanol–water partition coefficient (Wildman–Crippen LogP) is 3.93. The zero-order valence-electron chi connectivity index (χ0n) is 18.1. The second-order valence-electron chi connectivity index (χ2n) is 7.46. The number of urea groups is 1. The second kappa shape index (κ2) is 9.82.